The number of hydrogen-bond donors (Lipinski definition) is 3. The van der Waals surface area contributed by atoms with Gasteiger partial charge in [-0.05, 0) is 56.9 Å². The van der Waals surface area contributed by atoms with E-state index in [4.69, 9.17) is 15.5 Å². The van der Waals surface area contributed by atoms with E-state index in [1.54, 1.807) is 12.1 Å². The van der Waals surface area contributed by atoms with Crippen molar-refractivity contribution in [2.75, 3.05) is 18.8 Å². The first-order valence-corrected chi connectivity index (χ1v) is 11.3. The molecule has 1 aromatic rings. The topological polar surface area (TPSA) is 102 Å². The Morgan fingerprint density at radius 2 is 2.19 bits per heavy atom. The molecule has 3 heterocycles. The molecular weight excluding hydrogens is 417 g/mol. The van der Waals surface area contributed by atoms with Crippen molar-refractivity contribution in [1.82, 2.24) is 15.6 Å². The molecule has 1 aromatic heterocycles. The van der Waals surface area contributed by atoms with Crippen LogP contribution in [0, 0.1) is 5.95 Å². The summed E-state index contributed by atoms with van der Waals surface area (Å²) < 4.78 is 19.7. The number of nitrogens with two attached hydrogens (primary N) is 1. The highest BCUT2D eigenvalue weighted by atomic mass is 32.2. The summed E-state index contributed by atoms with van der Waals surface area (Å²) in [6, 6.07) is 3.45. The molecule has 0 spiro atoms. The van der Waals surface area contributed by atoms with Gasteiger partial charge in [0.15, 0.2) is 5.17 Å². The van der Waals surface area contributed by atoms with Crippen LogP contribution in [0.4, 0.5) is 9.18 Å². The molecule has 4 rings (SSSR count). The smallest absolute Gasteiger partial charge is 0.413 e. The van der Waals surface area contributed by atoms with Gasteiger partial charge in [-0.25, -0.2) is 14.8 Å². The number of allylic oxidation sites excluding steroid dienone is 3. The van der Waals surface area contributed by atoms with Crippen LogP contribution in [-0.2, 0) is 4.74 Å². The molecule has 0 bridgehead atoms. The Hall–Kier alpha value is -2.23. The number of carbonyl (C=O) groups excluding carboxylic acids is 1. The number of hydrogen-bond acceptors (Lipinski definition) is 7. The molecule has 7 nitrogen and oxygen atoms in total. The van der Waals surface area contributed by atoms with Gasteiger partial charge in [-0.2, -0.15) is 4.39 Å². The standard InChI is InChI=1S/C22H28FN5O2S/c1-20(2,3)30-19(29)27-18-28-22(12-25-11-21(22,24)13-31-18)15-7-4-6-14(10-15)16-8-5-9-26-17(16)23/h5-6,8-10,25H,4,7,11-13,24H2,1-3H3,(H,27,28,29)/t21-,22-/m1/s1. The fraction of sp³-hybridized carbons (Fsp3) is 0.500. The summed E-state index contributed by atoms with van der Waals surface area (Å²) in [5, 5.41) is 6.65. The molecule has 0 unspecified atom stereocenters. The molecule has 4 N–H and O–H groups in total. The van der Waals surface area contributed by atoms with E-state index < -0.39 is 28.7 Å². The number of fused-ring (bicyclic) bond motifs is 1. The normalized spacial score (nSPS) is 28.2. The predicted octanol–water partition coefficient (Wildman–Crippen LogP) is 2.99. The van der Waals surface area contributed by atoms with Gasteiger partial charge >= 0.3 is 6.09 Å². The maximum Gasteiger partial charge on any atom is 0.413 e. The molecule has 0 saturated carbocycles. The molecule has 2 atom stereocenters. The molecule has 1 saturated heterocycles. The van der Waals surface area contributed by atoms with E-state index in [2.05, 4.69) is 15.6 Å². The Labute approximate surface area is 185 Å². The minimum atomic E-state index is -0.721. The van der Waals surface area contributed by atoms with Crippen LogP contribution in [-0.4, -0.2) is 51.8 Å². The summed E-state index contributed by atoms with van der Waals surface area (Å²) in [5.41, 5.74) is 7.20. The lowest BCUT2D eigenvalue weighted by atomic mass is 9.72. The number of ether oxygens (including phenoxy) is 1. The summed E-state index contributed by atoms with van der Waals surface area (Å²) in [5.74, 6) is 0.0917. The van der Waals surface area contributed by atoms with Crippen LogP contribution in [0.1, 0.15) is 39.2 Å². The second kappa shape index (κ2) is 8.03. The zero-order chi connectivity index (χ0) is 22.3. The lowest BCUT2D eigenvalue weighted by Crippen LogP contribution is -2.64. The zero-order valence-electron chi connectivity index (χ0n) is 18.0. The van der Waals surface area contributed by atoms with Crippen LogP contribution in [0.25, 0.3) is 5.57 Å². The monoisotopic (exact) mass is 445 g/mol. The van der Waals surface area contributed by atoms with E-state index >= 15 is 0 Å². The van der Waals surface area contributed by atoms with Gasteiger partial charge in [0.05, 0.1) is 5.54 Å². The fourth-order valence-corrected chi connectivity index (χ4v) is 5.40. The molecule has 3 aliphatic rings. The maximum atomic E-state index is 14.3. The summed E-state index contributed by atoms with van der Waals surface area (Å²) in [6.45, 7) is 6.61. The van der Waals surface area contributed by atoms with E-state index in [1.165, 1.54) is 18.0 Å². The van der Waals surface area contributed by atoms with Crippen molar-refractivity contribution in [2.45, 2.75) is 50.3 Å². The van der Waals surface area contributed by atoms with Gasteiger partial charge in [0, 0.05) is 30.6 Å². The van der Waals surface area contributed by atoms with E-state index in [0.717, 1.165) is 24.0 Å². The number of carbonyl (C=O) groups is 1. The highest BCUT2D eigenvalue weighted by molar-refractivity contribution is 8.14. The van der Waals surface area contributed by atoms with Crippen LogP contribution in [0.3, 0.4) is 0 Å². The first-order valence-electron chi connectivity index (χ1n) is 10.4. The Morgan fingerprint density at radius 1 is 1.39 bits per heavy atom. The van der Waals surface area contributed by atoms with Crippen molar-refractivity contribution in [2.24, 2.45) is 10.7 Å². The molecule has 1 fully saturated rings. The molecule has 31 heavy (non-hydrogen) atoms. The number of halogens is 1. The Bertz CT molecular complexity index is 986. The quantitative estimate of drug-likeness (QED) is 0.605. The predicted molar refractivity (Wildman–Crippen MR) is 121 cm³/mol. The van der Waals surface area contributed by atoms with E-state index in [-0.39, 0.29) is 0 Å². The number of thioether (sulfide) groups is 1. The number of nitrogens with one attached hydrogen (secondary N) is 2. The maximum absolute atomic E-state index is 14.3. The highest BCUT2D eigenvalue weighted by Crippen LogP contribution is 2.45. The largest absolute Gasteiger partial charge is 0.444 e. The van der Waals surface area contributed by atoms with Crippen molar-refractivity contribution in [3.8, 4) is 0 Å². The number of nitrogens with zero attached hydrogens (tertiary/aromatic N) is 2. The lowest BCUT2D eigenvalue weighted by Gasteiger charge is -2.45. The van der Waals surface area contributed by atoms with Gasteiger partial charge in [-0.15, -0.1) is 0 Å². The molecule has 166 valence electrons. The van der Waals surface area contributed by atoms with Crippen LogP contribution in [0.2, 0.25) is 0 Å². The SMILES string of the molecule is CC(C)(C)OC(=O)NC1=N[C@@]2(C3=CC(c4cccnc4F)=CCC3)CNC[C@@]2(N)CS1. The molecule has 9 heteroatoms. The molecular formula is C22H28FN5O2S. The van der Waals surface area contributed by atoms with Gasteiger partial charge in [0.25, 0.3) is 0 Å². The first-order chi connectivity index (χ1) is 14.6. The van der Waals surface area contributed by atoms with Crippen LogP contribution >= 0.6 is 11.8 Å². The van der Waals surface area contributed by atoms with Gasteiger partial charge in [-0.3, -0.25) is 5.32 Å². The molecule has 1 aliphatic carbocycles. The Kier molecular flexibility index (Phi) is 5.70. The van der Waals surface area contributed by atoms with Gasteiger partial charge in [0.2, 0.25) is 5.95 Å². The van der Waals surface area contributed by atoms with Crippen LogP contribution in [0.15, 0.2) is 41.0 Å². The van der Waals surface area contributed by atoms with Crippen molar-refractivity contribution in [3.05, 3.63) is 47.6 Å². The summed E-state index contributed by atoms with van der Waals surface area (Å²) in [6.07, 6.45) is 6.42. The Balaban J connectivity index is 1.69. The van der Waals surface area contributed by atoms with Gasteiger partial charge in [-0.1, -0.05) is 23.9 Å². The number of pyridine rings is 1. The van der Waals surface area contributed by atoms with Gasteiger partial charge in [0.1, 0.15) is 11.1 Å². The molecule has 0 aromatic carbocycles. The zero-order valence-corrected chi connectivity index (χ0v) is 18.8. The average molecular weight is 446 g/mol. The first kappa shape index (κ1) is 22.0. The van der Waals surface area contributed by atoms with Crippen molar-refractivity contribution < 1.29 is 13.9 Å². The fourth-order valence-electron chi connectivity index (χ4n) is 4.29. The second-order valence-corrected chi connectivity index (χ2v) is 10.1. The average Bonchev–Trinajstić information content (AvgIpc) is 3.05. The minimum absolute atomic E-state index is 0.464. The number of rotatable bonds is 2. The molecule has 1 amide bonds. The number of aromatic nitrogens is 1. The van der Waals surface area contributed by atoms with Crippen molar-refractivity contribution in [1.29, 1.82) is 0 Å². The van der Waals surface area contributed by atoms with Crippen molar-refractivity contribution in [3.63, 3.8) is 0 Å². The molecule has 0 radical (unpaired) electrons. The number of alkyl carbamates (subject to hydrolysis) is 1. The number of aliphatic imine (C=N–C) groups is 1. The third-order valence-electron chi connectivity index (χ3n) is 5.72. The Morgan fingerprint density at radius 3 is 2.94 bits per heavy atom. The third kappa shape index (κ3) is 4.26. The van der Waals surface area contributed by atoms with E-state index in [9.17, 15) is 9.18 Å². The van der Waals surface area contributed by atoms with Crippen LogP contribution in [0.5, 0.6) is 0 Å². The minimum Gasteiger partial charge on any atom is -0.444 e. The third-order valence-corrected chi connectivity index (χ3v) is 6.85. The second-order valence-electron chi connectivity index (χ2n) is 9.16. The van der Waals surface area contributed by atoms with Gasteiger partial charge < -0.3 is 15.8 Å². The van der Waals surface area contributed by atoms with Crippen LogP contribution < -0.4 is 16.4 Å². The van der Waals surface area contributed by atoms with E-state index in [1.807, 2.05) is 32.9 Å². The summed E-state index contributed by atoms with van der Waals surface area (Å²) in [7, 11) is 0. The van der Waals surface area contributed by atoms with E-state index in [0.29, 0.717) is 29.6 Å². The summed E-state index contributed by atoms with van der Waals surface area (Å²) in [4.78, 5) is 21.1. The number of amides is 1. The van der Waals surface area contributed by atoms with Crippen molar-refractivity contribution >= 4 is 28.6 Å². The number of amidine groups is 1. The molecule has 2 aliphatic heterocycles. The highest BCUT2D eigenvalue weighted by Gasteiger charge is 2.57. The lowest BCUT2D eigenvalue weighted by molar-refractivity contribution is 0.0564. The summed E-state index contributed by atoms with van der Waals surface area (Å²) >= 11 is 1.42.